The number of carbonyl (C=O) groups excluding carboxylic acids is 2. The monoisotopic (exact) mass is 581 g/mol. The smallest absolute Gasteiger partial charge is 0.264 e. The van der Waals surface area contributed by atoms with Crippen molar-refractivity contribution in [1.82, 2.24) is 10.2 Å². The number of benzene rings is 3. The molecule has 1 unspecified atom stereocenters. The van der Waals surface area contributed by atoms with Crippen LogP contribution in [0.2, 0.25) is 0 Å². The van der Waals surface area contributed by atoms with Crippen molar-refractivity contribution >= 4 is 27.5 Å². The molecule has 0 aliphatic heterocycles. The van der Waals surface area contributed by atoms with Crippen molar-refractivity contribution < 1.29 is 27.5 Å². The summed E-state index contributed by atoms with van der Waals surface area (Å²) in [6.45, 7) is 5.86. The maximum atomic E-state index is 14.1. The number of carbonyl (C=O) groups is 2. The van der Waals surface area contributed by atoms with Crippen LogP contribution in [0.4, 0.5) is 5.69 Å². The van der Waals surface area contributed by atoms with Gasteiger partial charge in [-0.1, -0.05) is 61.9 Å². The van der Waals surface area contributed by atoms with Gasteiger partial charge in [0.15, 0.2) is 11.5 Å². The first-order chi connectivity index (χ1) is 19.7. The lowest BCUT2D eigenvalue weighted by atomic mass is 10.1. The van der Waals surface area contributed by atoms with Crippen molar-refractivity contribution in [3.8, 4) is 11.5 Å². The van der Waals surface area contributed by atoms with Gasteiger partial charge in [0.05, 0.1) is 24.8 Å². The molecule has 1 N–H and O–H groups in total. The van der Waals surface area contributed by atoms with Gasteiger partial charge < -0.3 is 19.7 Å². The van der Waals surface area contributed by atoms with Crippen LogP contribution in [0.25, 0.3) is 0 Å². The quantitative estimate of drug-likeness (QED) is 0.300. The molecule has 0 saturated carbocycles. The van der Waals surface area contributed by atoms with Gasteiger partial charge in [0.2, 0.25) is 11.8 Å². The zero-order chi connectivity index (χ0) is 30.0. The van der Waals surface area contributed by atoms with Crippen LogP contribution in [0, 0.1) is 6.92 Å². The molecule has 3 aromatic carbocycles. The number of nitrogens with zero attached hydrogens (tertiary/aromatic N) is 2. The van der Waals surface area contributed by atoms with Crippen molar-refractivity contribution in [2.45, 2.75) is 51.1 Å². The maximum absolute atomic E-state index is 14.1. The Balaban J connectivity index is 2.06. The summed E-state index contributed by atoms with van der Waals surface area (Å²) in [5, 5.41) is 2.89. The van der Waals surface area contributed by atoms with Crippen LogP contribution in [0.5, 0.6) is 11.5 Å². The van der Waals surface area contributed by atoms with Crippen LogP contribution < -0.4 is 19.1 Å². The van der Waals surface area contributed by atoms with E-state index in [1.165, 1.54) is 37.3 Å². The zero-order valence-corrected chi connectivity index (χ0v) is 25.1. The number of anilines is 1. The summed E-state index contributed by atoms with van der Waals surface area (Å²) in [5.74, 6) is -0.156. The molecule has 0 spiro atoms. The van der Waals surface area contributed by atoms with Gasteiger partial charge >= 0.3 is 0 Å². The molecule has 0 saturated heterocycles. The summed E-state index contributed by atoms with van der Waals surface area (Å²) >= 11 is 0. The average molecular weight is 582 g/mol. The minimum Gasteiger partial charge on any atom is -0.493 e. The molecule has 0 bridgehead atoms. The Morgan fingerprint density at radius 3 is 2.22 bits per heavy atom. The second kappa shape index (κ2) is 14.5. The molecule has 2 amide bonds. The summed E-state index contributed by atoms with van der Waals surface area (Å²) < 4.78 is 39.8. The lowest BCUT2D eigenvalue weighted by Gasteiger charge is -2.33. The number of para-hydroxylation sites is 1. The number of hydrogen-bond donors (Lipinski definition) is 1. The number of methoxy groups -OCH3 is 2. The standard InChI is InChI=1S/C31H39N3O6S/c1-6-18-32-31(36)27(7-2)33(21-24-13-11-12-23(3)19-24)30(35)22-34(25-14-9-8-10-15-25)41(37,38)26-16-17-28(39-4)29(20-26)40-5/h8-17,19-20,27H,6-7,18,21-22H2,1-5H3,(H,32,36). The summed E-state index contributed by atoms with van der Waals surface area (Å²) in [6, 6.07) is 19.6. The number of aryl methyl sites for hydroxylation is 1. The normalized spacial score (nSPS) is 11.8. The Hall–Kier alpha value is -4.05. The van der Waals surface area contributed by atoms with Crippen molar-refractivity contribution in [2.75, 3.05) is 31.6 Å². The molecule has 0 heterocycles. The van der Waals surface area contributed by atoms with Crippen LogP contribution in [0.15, 0.2) is 77.7 Å². The van der Waals surface area contributed by atoms with E-state index in [0.717, 1.165) is 21.9 Å². The summed E-state index contributed by atoms with van der Waals surface area (Å²) in [4.78, 5) is 28.7. The molecule has 3 rings (SSSR count). The fourth-order valence-corrected chi connectivity index (χ4v) is 5.95. The Morgan fingerprint density at radius 2 is 1.61 bits per heavy atom. The van der Waals surface area contributed by atoms with Crippen LogP contribution in [0.3, 0.4) is 0 Å². The first-order valence-electron chi connectivity index (χ1n) is 13.6. The second-order valence-electron chi connectivity index (χ2n) is 9.59. The molecular formula is C31H39N3O6S. The topological polar surface area (TPSA) is 105 Å². The molecule has 9 nitrogen and oxygen atoms in total. The third-order valence-electron chi connectivity index (χ3n) is 6.64. The zero-order valence-electron chi connectivity index (χ0n) is 24.3. The van der Waals surface area contributed by atoms with E-state index < -0.39 is 28.5 Å². The number of rotatable bonds is 14. The lowest BCUT2D eigenvalue weighted by molar-refractivity contribution is -0.140. The van der Waals surface area contributed by atoms with E-state index in [1.54, 1.807) is 30.3 Å². The highest BCUT2D eigenvalue weighted by Crippen LogP contribution is 2.32. The van der Waals surface area contributed by atoms with E-state index in [-0.39, 0.29) is 23.1 Å². The van der Waals surface area contributed by atoms with Crippen LogP contribution in [-0.4, -0.2) is 58.5 Å². The van der Waals surface area contributed by atoms with Gasteiger partial charge in [-0.2, -0.15) is 0 Å². The molecule has 220 valence electrons. The second-order valence-corrected chi connectivity index (χ2v) is 11.5. The van der Waals surface area contributed by atoms with Gasteiger partial charge in [-0.05, 0) is 49.6 Å². The largest absolute Gasteiger partial charge is 0.493 e. The predicted octanol–water partition coefficient (Wildman–Crippen LogP) is 4.54. The van der Waals surface area contributed by atoms with Crippen molar-refractivity contribution in [2.24, 2.45) is 0 Å². The molecule has 1 atom stereocenters. The highest BCUT2D eigenvalue weighted by atomic mass is 32.2. The van der Waals surface area contributed by atoms with E-state index >= 15 is 0 Å². The maximum Gasteiger partial charge on any atom is 0.264 e. The van der Waals surface area contributed by atoms with E-state index in [0.29, 0.717) is 24.4 Å². The van der Waals surface area contributed by atoms with Crippen LogP contribution >= 0.6 is 0 Å². The molecular weight excluding hydrogens is 542 g/mol. The summed E-state index contributed by atoms with van der Waals surface area (Å²) in [7, 11) is -1.35. The van der Waals surface area contributed by atoms with Crippen LogP contribution in [-0.2, 0) is 26.2 Å². The van der Waals surface area contributed by atoms with Crippen molar-refractivity contribution in [1.29, 1.82) is 0 Å². The first-order valence-corrected chi connectivity index (χ1v) is 15.0. The predicted molar refractivity (Wildman–Crippen MR) is 160 cm³/mol. The highest BCUT2D eigenvalue weighted by molar-refractivity contribution is 7.92. The van der Waals surface area contributed by atoms with E-state index in [4.69, 9.17) is 9.47 Å². The summed E-state index contributed by atoms with van der Waals surface area (Å²) in [6.07, 6.45) is 1.11. The molecule has 0 aliphatic rings. The number of sulfonamides is 1. The first kappa shape index (κ1) is 31.5. The Kier molecular flexibility index (Phi) is 11.2. The molecule has 41 heavy (non-hydrogen) atoms. The van der Waals surface area contributed by atoms with Crippen molar-refractivity contribution in [3.05, 3.63) is 83.9 Å². The van der Waals surface area contributed by atoms with E-state index in [2.05, 4.69) is 5.32 Å². The van der Waals surface area contributed by atoms with Gasteiger partial charge in [-0.15, -0.1) is 0 Å². The third kappa shape index (κ3) is 7.79. The lowest BCUT2D eigenvalue weighted by Crippen LogP contribution is -2.52. The average Bonchev–Trinajstić information content (AvgIpc) is 2.98. The minimum absolute atomic E-state index is 0.0650. The third-order valence-corrected chi connectivity index (χ3v) is 8.41. The Bertz CT molecular complexity index is 1430. The molecule has 10 heteroatoms. The fraction of sp³-hybridized carbons (Fsp3) is 0.355. The summed E-state index contributed by atoms with van der Waals surface area (Å²) in [5.41, 5.74) is 2.17. The molecule has 0 fully saturated rings. The van der Waals surface area contributed by atoms with Gasteiger partial charge in [0.25, 0.3) is 10.0 Å². The Labute approximate surface area is 243 Å². The Morgan fingerprint density at radius 1 is 0.902 bits per heavy atom. The number of hydrogen-bond acceptors (Lipinski definition) is 6. The SMILES string of the molecule is CCCNC(=O)C(CC)N(Cc1cccc(C)c1)C(=O)CN(c1ccccc1)S(=O)(=O)c1ccc(OC)c(OC)c1. The van der Waals surface area contributed by atoms with Crippen LogP contribution in [0.1, 0.15) is 37.8 Å². The molecule has 0 radical (unpaired) electrons. The highest BCUT2D eigenvalue weighted by Gasteiger charge is 2.34. The molecule has 0 aromatic heterocycles. The number of nitrogens with one attached hydrogen (secondary N) is 1. The van der Waals surface area contributed by atoms with Gasteiger partial charge in [-0.3, -0.25) is 13.9 Å². The number of ether oxygens (including phenoxy) is 2. The minimum atomic E-state index is -4.24. The van der Waals surface area contributed by atoms with E-state index in [1.807, 2.05) is 45.0 Å². The number of amides is 2. The molecule has 0 aliphatic carbocycles. The van der Waals surface area contributed by atoms with Gasteiger partial charge in [0.1, 0.15) is 12.6 Å². The van der Waals surface area contributed by atoms with Crippen molar-refractivity contribution in [3.63, 3.8) is 0 Å². The fourth-order valence-electron chi connectivity index (χ4n) is 4.52. The molecule has 3 aromatic rings. The van der Waals surface area contributed by atoms with Gasteiger partial charge in [-0.25, -0.2) is 8.42 Å². The van der Waals surface area contributed by atoms with Gasteiger partial charge in [0, 0.05) is 19.2 Å². The van der Waals surface area contributed by atoms with E-state index in [9.17, 15) is 18.0 Å².